The van der Waals surface area contributed by atoms with E-state index in [1.807, 2.05) is 48.3 Å². The SMILES string of the molecule is CN(c1ccccc1C(=N)N)c1ncccc1Br. The normalized spacial score (nSPS) is 10.1. The van der Waals surface area contributed by atoms with Crippen LogP contribution in [0.3, 0.4) is 0 Å². The minimum absolute atomic E-state index is 0.0458. The number of halogens is 1. The Balaban J connectivity index is 2.50. The first-order valence-electron chi connectivity index (χ1n) is 5.39. The van der Waals surface area contributed by atoms with Crippen molar-refractivity contribution in [1.29, 1.82) is 5.41 Å². The van der Waals surface area contributed by atoms with E-state index in [1.54, 1.807) is 6.20 Å². The zero-order valence-corrected chi connectivity index (χ0v) is 11.5. The summed E-state index contributed by atoms with van der Waals surface area (Å²) in [6.45, 7) is 0. The number of nitrogens with two attached hydrogens (primary N) is 1. The summed E-state index contributed by atoms with van der Waals surface area (Å²) in [4.78, 5) is 6.23. The highest BCUT2D eigenvalue weighted by atomic mass is 79.9. The molecule has 0 atom stereocenters. The molecule has 1 aromatic carbocycles. The first-order chi connectivity index (χ1) is 8.61. The average Bonchev–Trinajstić information content (AvgIpc) is 2.38. The first-order valence-corrected chi connectivity index (χ1v) is 6.18. The lowest BCUT2D eigenvalue weighted by atomic mass is 10.1. The number of nitrogens with zero attached hydrogens (tertiary/aromatic N) is 2. The molecule has 0 spiro atoms. The molecule has 1 heterocycles. The fourth-order valence-corrected chi connectivity index (χ4v) is 2.25. The van der Waals surface area contributed by atoms with Gasteiger partial charge in [0.15, 0.2) is 0 Å². The van der Waals surface area contributed by atoms with Gasteiger partial charge in [-0.25, -0.2) is 4.98 Å². The largest absolute Gasteiger partial charge is 0.384 e. The van der Waals surface area contributed by atoms with Crippen molar-refractivity contribution in [3.8, 4) is 0 Å². The van der Waals surface area contributed by atoms with E-state index < -0.39 is 0 Å². The van der Waals surface area contributed by atoms with Crippen molar-refractivity contribution in [2.75, 3.05) is 11.9 Å². The van der Waals surface area contributed by atoms with Crippen molar-refractivity contribution in [1.82, 2.24) is 4.98 Å². The van der Waals surface area contributed by atoms with Crippen molar-refractivity contribution < 1.29 is 0 Å². The number of para-hydroxylation sites is 1. The van der Waals surface area contributed by atoms with E-state index in [0.29, 0.717) is 5.56 Å². The number of hydrogen-bond acceptors (Lipinski definition) is 3. The first kappa shape index (κ1) is 12.6. The smallest absolute Gasteiger partial charge is 0.147 e. The molecular weight excluding hydrogens is 292 g/mol. The van der Waals surface area contributed by atoms with Crippen LogP contribution in [0.5, 0.6) is 0 Å². The summed E-state index contributed by atoms with van der Waals surface area (Å²) in [5.41, 5.74) is 7.14. The number of rotatable bonds is 3. The molecule has 0 fully saturated rings. The van der Waals surface area contributed by atoms with E-state index in [4.69, 9.17) is 11.1 Å². The van der Waals surface area contributed by atoms with Crippen LogP contribution in [0.2, 0.25) is 0 Å². The van der Waals surface area contributed by atoms with Gasteiger partial charge in [0, 0.05) is 18.8 Å². The van der Waals surface area contributed by atoms with E-state index in [1.165, 1.54) is 0 Å². The van der Waals surface area contributed by atoms with E-state index in [9.17, 15) is 0 Å². The van der Waals surface area contributed by atoms with Crippen molar-refractivity contribution in [2.45, 2.75) is 0 Å². The lowest BCUT2D eigenvalue weighted by Gasteiger charge is -2.22. The van der Waals surface area contributed by atoms with Crippen LogP contribution in [0, 0.1) is 5.41 Å². The molecule has 0 bridgehead atoms. The Bertz CT molecular complexity index is 583. The van der Waals surface area contributed by atoms with Gasteiger partial charge in [-0.1, -0.05) is 12.1 Å². The third kappa shape index (κ3) is 2.36. The molecule has 2 rings (SSSR count). The van der Waals surface area contributed by atoms with Gasteiger partial charge in [-0.2, -0.15) is 0 Å². The van der Waals surface area contributed by atoms with Gasteiger partial charge < -0.3 is 10.6 Å². The molecule has 0 saturated carbocycles. The van der Waals surface area contributed by atoms with E-state index in [2.05, 4.69) is 20.9 Å². The van der Waals surface area contributed by atoms with Gasteiger partial charge in [0.2, 0.25) is 0 Å². The molecule has 0 aliphatic carbocycles. The van der Waals surface area contributed by atoms with E-state index >= 15 is 0 Å². The summed E-state index contributed by atoms with van der Waals surface area (Å²) >= 11 is 3.47. The molecule has 0 amide bonds. The molecule has 3 N–H and O–H groups in total. The Morgan fingerprint density at radius 2 is 2.00 bits per heavy atom. The number of aromatic nitrogens is 1. The molecule has 1 aromatic heterocycles. The molecule has 18 heavy (non-hydrogen) atoms. The molecule has 0 aliphatic heterocycles. The molecule has 5 heteroatoms. The topological polar surface area (TPSA) is 66.0 Å². The highest BCUT2D eigenvalue weighted by molar-refractivity contribution is 9.10. The summed E-state index contributed by atoms with van der Waals surface area (Å²) in [5, 5.41) is 7.60. The summed E-state index contributed by atoms with van der Waals surface area (Å²) in [7, 11) is 1.90. The number of nitrogens with one attached hydrogen (secondary N) is 1. The van der Waals surface area contributed by atoms with Gasteiger partial charge >= 0.3 is 0 Å². The summed E-state index contributed by atoms with van der Waals surface area (Å²) < 4.78 is 0.894. The van der Waals surface area contributed by atoms with Gasteiger partial charge in [0.1, 0.15) is 11.7 Å². The van der Waals surface area contributed by atoms with Crippen LogP contribution in [0.25, 0.3) is 0 Å². The Labute approximate surface area is 114 Å². The maximum absolute atomic E-state index is 7.60. The van der Waals surface area contributed by atoms with Crippen LogP contribution in [-0.2, 0) is 0 Å². The van der Waals surface area contributed by atoms with Crippen molar-refractivity contribution in [2.24, 2.45) is 5.73 Å². The number of pyridine rings is 1. The molecule has 0 saturated heterocycles. The van der Waals surface area contributed by atoms with Gasteiger partial charge in [-0.3, -0.25) is 5.41 Å². The van der Waals surface area contributed by atoms with Crippen LogP contribution in [-0.4, -0.2) is 17.9 Å². The molecule has 0 radical (unpaired) electrons. The monoisotopic (exact) mass is 304 g/mol. The second-order valence-corrected chi connectivity index (χ2v) is 4.65. The number of benzene rings is 1. The Morgan fingerprint density at radius 1 is 1.28 bits per heavy atom. The third-order valence-corrected chi connectivity index (χ3v) is 3.23. The highest BCUT2D eigenvalue weighted by Crippen LogP contribution is 2.30. The second-order valence-electron chi connectivity index (χ2n) is 3.80. The standard InChI is InChI=1S/C13H13BrN4/c1-18(13-10(14)6-4-8-17-13)11-7-3-2-5-9(11)12(15)16/h2-8H,1H3,(H3,15,16). The number of anilines is 2. The summed E-state index contributed by atoms with van der Waals surface area (Å²) in [6, 6.07) is 11.3. The second kappa shape index (κ2) is 5.18. The lowest BCUT2D eigenvalue weighted by molar-refractivity contribution is 1.11. The van der Waals surface area contributed by atoms with Gasteiger partial charge in [-0.15, -0.1) is 0 Å². The predicted octanol–water partition coefficient (Wildman–Crippen LogP) is 2.90. The van der Waals surface area contributed by atoms with Gasteiger partial charge in [0.25, 0.3) is 0 Å². The Morgan fingerprint density at radius 3 is 2.67 bits per heavy atom. The molecule has 4 nitrogen and oxygen atoms in total. The van der Waals surface area contributed by atoms with Crippen molar-refractivity contribution in [3.05, 3.63) is 52.6 Å². The summed E-state index contributed by atoms with van der Waals surface area (Å²) in [5.74, 6) is 0.829. The van der Waals surface area contributed by atoms with Crippen LogP contribution < -0.4 is 10.6 Å². The maximum atomic E-state index is 7.60. The van der Waals surface area contributed by atoms with Gasteiger partial charge in [0.05, 0.1) is 10.2 Å². The fraction of sp³-hybridized carbons (Fsp3) is 0.0769. The predicted molar refractivity (Wildman–Crippen MR) is 77.5 cm³/mol. The van der Waals surface area contributed by atoms with E-state index in [0.717, 1.165) is 16.0 Å². The van der Waals surface area contributed by atoms with E-state index in [-0.39, 0.29) is 5.84 Å². The Kier molecular flexibility index (Phi) is 3.62. The minimum atomic E-state index is 0.0458. The van der Waals surface area contributed by atoms with Crippen LogP contribution in [0.1, 0.15) is 5.56 Å². The average molecular weight is 305 g/mol. The third-order valence-electron chi connectivity index (χ3n) is 2.61. The number of hydrogen-bond donors (Lipinski definition) is 2. The lowest BCUT2D eigenvalue weighted by Crippen LogP contribution is -2.19. The van der Waals surface area contributed by atoms with Crippen LogP contribution in [0.4, 0.5) is 11.5 Å². The van der Waals surface area contributed by atoms with Crippen LogP contribution in [0.15, 0.2) is 47.1 Å². The quantitative estimate of drug-likeness (QED) is 0.677. The fourth-order valence-electron chi connectivity index (χ4n) is 1.73. The number of nitrogen functional groups attached to an aromatic ring is 1. The zero-order chi connectivity index (χ0) is 13.1. The number of amidine groups is 1. The maximum Gasteiger partial charge on any atom is 0.147 e. The van der Waals surface area contributed by atoms with Crippen LogP contribution >= 0.6 is 15.9 Å². The molecule has 0 aliphatic rings. The molecular formula is C13H13BrN4. The van der Waals surface area contributed by atoms with Crippen molar-refractivity contribution in [3.63, 3.8) is 0 Å². The van der Waals surface area contributed by atoms with Gasteiger partial charge in [-0.05, 0) is 40.2 Å². The molecule has 0 unspecified atom stereocenters. The highest BCUT2D eigenvalue weighted by Gasteiger charge is 2.13. The molecule has 92 valence electrons. The summed E-state index contributed by atoms with van der Waals surface area (Å²) in [6.07, 6.45) is 1.73. The van der Waals surface area contributed by atoms with Crippen molar-refractivity contribution >= 4 is 33.3 Å². The minimum Gasteiger partial charge on any atom is -0.384 e. The Hall–Kier alpha value is -1.88. The zero-order valence-electron chi connectivity index (χ0n) is 9.89. The molecule has 2 aromatic rings.